The van der Waals surface area contributed by atoms with Crippen LogP contribution >= 0.6 is 0 Å². The standard InChI is InChI=1S/C6H9.Zn/c1-2-4-6-5-3-1;/h1H,2,4-6H2;. The molecule has 1 aliphatic carbocycles. The quantitative estimate of drug-likeness (QED) is 0.459. The summed E-state index contributed by atoms with van der Waals surface area (Å²) in [7, 11) is 0. The topological polar surface area (TPSA) is 0 Å². The minimum atomic E-state index is 1.36. The van der Waals surface area contributed by atoms with Crippen LogP contribution in [0.3, 0.4) is 0 Å². The van der Waals surface area contributed by atoms with Crippen molar-refractivity contribution in [2.24, 2.45) is 0 Å². The molecule has 35 valence electrons. The van der Waals surface area contributed by atoms with Crippen LogP contribution < -0.4 is 0 Å². The Balaban J connectivity index is 2.40. The molecule has 0 saturated heterocycles. The second-order valence-electron chi connectivity index (χ2n) is 2.11. The van der Waals surface area contributed by atoms with E-state index in [0.717, 1.165) is 0 Å². The van der Waals surface area contributed by atoms with Crippen LogP contribution in [0.2, 0.25) is 0 Å². The molecule has 0 aromatic heterocycles. The molecular formula is C6H9Zn. The van der Waals surface area contributed by atoms with E-state index in [1.54, 1.807) is 4.17 Å². The van der Waals surface area contributed by atoms with Crippen LogP contribution in [0.15, 0.2) is 10.2 Å². The number of hydrogen-bond acceptors (Lipinski definition) is 0. The average molecular weight is 147 g/mol. The molecule has 0 spiro atoms. The Morgan fingerprint density at radius 1 is 1.43 bits per heavy atom. The molecule has 0 bridgehead atoms. The zero-order valence-corrected chi connectivity index (χ0v) is 7.58. The van der Waals surface area contributed by atoms with Crippen molar-refractivity contribution in [3.63, 3.8) is 0 Å². The van der Waals surface area contributed by atoms with Crippen LogP contribution in [0.25, 0.3) is 0 Å². The fraction of sp³-hybridized carbons (Fsp3) is 0.667. The Morgan fingerprint density at radius 2 is 2.29 bits per heavy atom. The first-order chi connectivity index (χ1) is 3.39. The fourth-order valence-electron chi connectivity index (χ4n) is 0.905. The maximum atomic E-state index is 2.41. The van der Waals surface area contributed by atoms with E-state index >= 15 is 0 Å². The molecule has 1 heteroatoms. The monoisotopic (exact) mass is 145 g/mol. The van der Waals surface area contributed by atoms with E-state index in [9.17, 15) is 0 Å². The van der Waals surface area contributed by atoms with Crippen molar-refractivity contribution >= 4 is 0 Å². The van der Waals surface area contributed by atoms with E-state index in [4.69, 9.17) is 0 Å². The van der Waals surface area contributed by atoms with Gasteiger partial charge in [0, 0.05) is 0 Å². The van der Waals surface area contributed by atoms with Gasteiger partial charge in [0.05, 0.1) is 0 Å². The summed E-state index contributed by atoms with van der Waals surface area (Å²) in [5.74, 6) is 0. The summed E-state index contributed by atoms with van der Waals surface area (Å²) in [5.41, 5.74) is 0. The van der Waals surface area contributed by atoms with Gasteiger partial charge in [0.2, 0.25) is 0 Å². The molecule has 0 saturated carbocycles. The van der Waals surface area contributed by atoms with Gasteiger partial charge >= 0.3 is 54.2 Å². The zero-order chi connectivity index (χ0) is 5.11. The van der Waals surface area contributed by atoms with Gasteiger partial charge < -0.3 is 0 Å². The molecule has 0 nitrogen and oxygen atoms in total. The summed E-state index contributed by atoms with van der Waals surface area (Å²) in [6.45, 7) is 0. The molecule has 0 amide bonds. The SMILES string of the molecule is [Zn][C]1=CCCCC1. The molecule has 0 fully saturated rings. The molecule has 0 aliphatic heterocycles. The van der Waals surface area contributed by atoms with Crippen LogP contribution in [0.1, 0.15) is 25.7 Å². The van der Waals surface area contributed by atoms with Crippen LogP contribution in [-0.4, -0.2) is 0 Å². The summed E-state index contributed by atoms with van der Waals surface area (Å²) < 4.78 is 1.71. The normalized spacial score (nSPS) is 21.7. The first-order valence-electron chi connectivity index (χ1n) is 2.90. The van der Waals surface area contributed by atoms with Gasteiger partial charge in [-0.1, -0.05) is 0 Å². The van der Waals surface area contributed by atoms with Gasteiger partial charge in [0.15, 0.2) is 0 Å². The van der Waals surface area contributed by atoms with Gasteiger partial charge in [0.1, 0.15) is 0 Å². The molecule has 1 aliphatic rings. The Kier molecular flexibility index (Phi) is 2.06. The van der Waals surface area contributed by atoms with E-state index < -0.39 is 0 Å². The number of rotatable bonds is 0. The van der Waals surface area contributed by atoms with Gasteiger partial charge in [-0.25, -0.2) is 0 Å². The predicted octanol–water partition coefficient (Wildman–Crippen LogP) is 1.99. The van der Waals surface area contributed by atoms with E-state index in [-0.39, 0.29) is 0 Å². The van der Waals surface area contributed by atoms with Crippen molar-refractivity contribution in [3.8, 4) is 0 Å². The molecular weight excluding hydrogens is 137 g/mol. The maximum absolute atomic E-state index is 2.41. The first-order valence-corrected chi connectivity index (χ1v) is 4.39. The molecule has 0 unspecified atom stereocenters. The third-order valence-electron chi connectivity index (χ3n) is 1.39. The molecule has 1 rings (SSSR count). The molecule has 0 heterocycles. The Labute approximate surface area is 54.7 Å². The van der Waals surface area contributed by atoms with Gasteiger partial charge in [-0.3, -0.25) is 0 Å². The van der Waals surface area contributed by atoms with Gasteiger partial charge in [-0.2, -0.15) is 0 Å². The van der Waals surface area contributed by atoms with Crippen LogP contribution in [-0.2, 0) is 18.3 Å². The number of allylic oxidation sites excluding steroid dienone is 2. The third-order valence-corrected chi connectivity index (χ3v) is 2.73. The summed E-state index contributed by atoms with van der Waals surface area (Å²) in [5, 5.41) is 0. The van der Waals surface area contributed by atoms with Crippen molar-refractivity contribution in [2.75, 3.05) is 0 Å². The van der Waals surface area contributed by atoms with E-state index in [0.29, 0.717) is 0 Å². The summed E-state index contributed by atoms with van der Waals surface area (Å²) in [4.78, 5) is 0. The minimum absolute atomic E-state index is 1.36. The van der Waals surface area contributed by atoms with Crippen LogP contribution in [0, 0.1) is 0 Å². The molecule has 0 aromatic rings. The van der Waals surface area contributed by atoms with Gasteiger partial charge in [-0.05, 0) is 0 Å². The van der Waals surface area contributed by atoms with Crippen molar-refractivity contribution in [2.45, 2.75) is 25.7 Å². The van der Waals surface area contributed by atoms with Crippen molar-refractivity contribution in [1.29, 1.82) is 0 Å². The van der Waals surface area contributed by atoms with E-state index in [2.05, 4.69) is 6.08 Å². The first kappa shape index (κ1) is 5.50. The zero-order valence-electron chi connectivity index (χ0n) is 4.61. The molecule has 7 heavy (non-hydrogen) atoms. The van der Waals surface area contributed by atoms with Crippen molar-refractivity contribution in [3.05, 3.63) is 10.2 Å². The van der Waals surface area contributed by atoms with Gasteiger partial charge in [0.25, 0.3) is 0 Å². The summed E-state index contributed by atoms with van der Waals surface area (Å²) in [6.07, 6.45) is 8.05. The molecule has 0 aromatic carbocycles. The van der Waals surface area contributed by atoms with Crippen molar-refractivity contribution < 1.29 is 18.3 Å². The molecule has 0 atom stereocenters. The molecule has 0 radical (unpaired) electrons. The molecule has 0 N–H and O–H groups in total. The van der Waals surface area contributed by atoms with Crippen LogP contribution in [0.5, 0.6) is 0 Å². The third kappa shape index (κ3) is 1.73. The van der Waals surface area contributed by atoms with E-state index in [1.165, 1.54) is 44.0 Å². The number of hydrogen-bond donors (Lipinski definition) is 0. The Hall–Kier alpha value is 0.363. The van der Waals surface area contributed by atoms with E-state index in [1.807, 2.05) is 0 Å². The predicted molar refractivity (Wildman–Crippen MR) is 26.6 cm³/mol. The Bertz CT molecular complexity index is 84.2. The van der Waals surface area contributed by atoms with Gasteiger partial charge in [-0.15, -0.1) is 0 Å². The average Bonchev–Trinajstić information content (AvgIpc) is 1.69. The fourth-order valence-corrected chi connectivity index (χ4v) is 1.86. The Morgan fingerprint density at radius 3 is 2.57 bits per heavy atom. The second kappa shape index (κ2) is 2.62. The summed E-state index contributed by atoms with van der Waals surface area (Å²) >= 11 is 1.40. The second-order valence-corrected chi connectivity index (χ2v) is 4.01. The van der Waals surface area contributed by atoms with Crippen molar-refractivity contribution in [1.82, 2.24) is 0 Å². The van der Waals surface area contributed by atoms with Crippen LogP contribution in [0.4, 0.5) is 0 Å². The summed E-state index contributed by atoms with van der Waals surface area (Å²) in [6, 6.07) is 0.